The molecule has 2 N–H and O–H groups in total. The van der Waals surface area contributed by atoms with Crippen molar-refractivity contribution in [1.82, 2.24) is 20.1 Å². The molecule has 7 nitrogen and oxygen atoms in total. The number of nitrogens with one attached hydrogen (secondary N) is 1. The van der Waals surface area contributed by atoms with Crippen LogP contribution >= 0.6 is 0 Å². The second-order valence-corrected chi connectivity index (χ2v) is 7.23. The highest BCUT2D eigenvalue weighted by Gasteiger charge is 2.31. The molecule has 3 aromatic rings. The molecule has 7 heteroatoms. The first-order chi connectivity index (χ1) is 14.0. The first kappa shape index (κ1) is 18.7. The number of hydrogen-bond acceptors (Lipinski definition) is 6. The quantitative estimate of drug-likeness (QED) is 0.674. The van der Waals surface area contributed by atoms with Gasteiger partial charge in [-0.3, -0.25) is 0 Å². The summed E-state index contributed by atoms with van der Waals surface area (Å²) in [6, 6.07) is 12.8. The highest BCUT2D eigenvalue weighted by molar-refractivity contribution is 5.72. The van der Waals surface area contributed by atoms with Crippen LogP contribution in [0.1, 0.15) is 24.5 Å². The predicted octanol–water partition coefficient (Wildman–Crippen LogP) is 3.25. The Hall–Kier alpha value is -3.63. The highest BCUT2D eigenvalue weighted by Crippen LogP contribution is 2.32. The number of rotatable bonds is 6. The standard InChI is InChI=1S/C22H21N5O2/c1-22(9-10-29-2)11-19(26-22)17-7-8-20(24-13-17)27-21(28)18(14-25-27)16-5-3-15(12-23)4-6-16/h3-8,11,13-14,26,28H,9-10H2,1-2H3. The van der Waals surface area contributed by atoms with Gasteiger partial charge in [0, 0.05) is 31.2 Å². The summed E-state index contributed by atoms with van der Waals surface area (Å²) in [6.45, 7) is 2.83. The van der Waals surface area contributed by atoms with Crippen LogP contribution in [0.4, 0.5) is 0 Å². The molecule has 1 unspecified atom stereocenters. The Morgan fingerprint density at radius 3 is 2.52 bits per heavy atom. The fourth-order valence-electron chi connectivity index (χ4n) is 3.33. The molecule has 29 heavy (non-hydrogen) atoms. The van der Waals surface area contributed by atoms with Gasteiger partial charge in [0.2, 0.25) is 5.88 Å². The molecule has 1 aromatic carbocycles. The van der Waals surface area contributed by atoms with E-state index >= 15 is 0 Å². The summed E-state index contributed by atoms with van der Waals surface area (Å²) in [6.07, 6.45) is 6.42. The van der Waals surface area contributed by atoms with Crippen LogP contribution in [0.3, 0.4) is 0 Å². The third-order valence-corrected chi connectivity index (χ3v) is 5.05. The van der Waals surface area contributed by atoms with Gasteiger partial charge in [0.1, 0.15) is 0 Å². The van der Waals surface area contributed by atoms with Crippen molar-refractivity contribution in [2.24, 2.45) is 0 Å². The van der Waals surface area contributed by atoms with E-state index in [1.54, 1.807) is 43.8 Å². The molecule has 1 aliphatic heterocycles. The summed E-state index contributed by atoms with van der Waals surface area (Å²) in [5.74, 6) is 0.524. The minimum Gasteiger partial charge on any atom is -0.493 e. The van der Waals surface area contributed by atoms with E-state index < -0.39 is 0 Å². The van der Waals surface area contributed by atoms with Crippen molar-refractivity contribution in [3.8, 4) is 28.9 Å². The van der Waals surface area contributed by atoms with E-state index in [1.165, 1.54) is 4.68 Å². The molecule has 0 radical (unpaired) electrons. The van der Waals surface area contributed by atoms with Gasteiger partial charge in [-0.25, -0.2) is 4.98 Å². The van der Waals surface area contributed by atoms with Gasteiger partial charge in [0.25, 0.3) is 0 Å². The average molecular weight is 387 g/mol. The lowest BCUT2D eigenvalue weighted by atomic mass is 9.87. The fourth-order valence-corrected chi connectivity index (χ4v) is 3.33. The van der Waals surface area contributed by atoms with Crippen LogP contribution in [0.15, 0.2) is 54.9 Å². The molecule has 0 saturated carbocycles. The van der Waals surface area contributed by atoms with Crippen LogP contribution in [0.5, 0.6) is 5.88 Å². The molecular weight excluding hydrogens is 366 g/mol. The number of nitrogens with zero attached hydrogens (tertiary/aromatic N) is 4. The van der Waals surface area contributed by atoms with Crippen molar-refractivity contribution in [2.45, 2.75) is 18.9 Å². The van der Waals surface area contributed by atoms with Crippen molar-refractivity contribution in [2.75, 3.05) is 13.7 Å². The molecule has 0 spiro atoms. The van der Waals surface area contributed by atoms with E-state index in [0.29, 0.717) is 23.6 Å². The zero-order valence-corrected chi connectivity index (χ0v) is 16.3. The van der Waals surface area contributed by atoms with Crippen LogP contribution in [-0.4, -0.2) is 39.1 Å². The molecule has 1 aliphatic rings. The molecule has 0 aliphatic carbocycles. The maximum absolute atomic E-state index is 10.6. The highest BCUT2D eigenvalue weighted by atomic mass is 16.5. The van der Waals surface area contributed by atoms with Gasteiger partial charge in [0.15, 0.2) is 5.82 Å². The van der Waals surface area contributed by atoms with Crippen LogP contribution in [0, 0.1) is 11.3 Å². The first-order valence-electron chi connectivity index (χ1n) is 9.27. The molecule has 2 aromatic heterocycles. The third-order valence-electron chi connectivity index (χ3n) is 5.05. The van der Waals surface area contributed by atoms with E-state index in [-0.39, 0.29) is 11.4 Å². The van der Waals surface area contributed by atoms with Crippen LogP contribution < -0.4 is 5.32 Å². The van der Waals surface area contributed by atoms with Gasteiger partial charge in [-0.05, 0) is 49.2 Å². The summed E-state index contributed by atoms with van der Waals surface area (Å²) >= 11 is 0. The van der Waals surface area contributed by atoms with Gasteiger partial charge < -0.3 is 15.2 Å². The fraction of sp³-hybridized carbons (Fsp3) is 0.227. The third kappa shape index (κ3) is 3.58. The van der Waals surface area contributed by atoms with Crippen LogP contribution in [-0.2, 0) is 4.74 Å². The molecular formula is C22H21N5O2. The Labute approximate surface area is 168 Å². The molecule has 0 saturated heterocycles. The largest absolute Gasteiger partial charge is 0.493 e. The zero-order valence-electron chi connectivity index (χ0n) is 16.3. The first-order valence-corrected chi connectivity index (χ1v) is 9.27. The molecule has 0 amide bonds. The normalized spacial score (nSPS) is 17.8. The molecule has 0 fully saturated rings. The number of hydrogen-bond donors (Lipinski definition) is 2. The molecule has 4 rings (SSSR count). The van der Waals surface area contributed by atoms with E-state index in [1.807, 2.05) is 12.1 Å². The number of methoxy groups -OCH3 is 1. The molecule has 1 atom stereocenters. The van der Waals surface area contributed by atoms with E-state index in [2.05, 4.69) is 34.5 Å². The van der Waals surface area contributed by atoms with E-state index in [0.717, 1.165) is 23.2 Å². The lowest BCUT2D eigenvalue weighted by Crippen LogP contribution is -2.48. The number of benzene rings is 1. The Morgan fingerprint density at radius 2 is 1.90 bits per heavy atom. The SMILES string of the molecule is COCCC1(C)C=C(c2ccc(-n3ncc(-c4ccc(C#N)cc4)c3O)nc2)N1. The zero-order chi connectivity index (χ0) is 20.4. The summed E-state index contributed by atoms with van der Waals surface area (Å²) in [4.78, 5) is 4.45. The summed E-state index contributed by atoms with van der Waals surface area (Å²) in [5, 5.41) is 27.3. The number of nitriles is 1. The predicted molar refractivity (Wildman–Crippen MR) is 109 cm³/mol. The minimum absolute atomic E-state index is 0.00285. The van der Waals surface area contributed by atoms with E-state index in [9.17, 15) is 5.11 Å². The van der Waals surface area contributed by atoms with Gasteiger partial charge in [-0.1, -0.05) is 12.1 Å². The monoisotopic (exact) mass is 387 g/mol. The Balaban J connectivity index is 1.54. The molecule has 0 bridgehead atoms. The Kier molecular flexibility index (Phi) is 4.79. The smallest absolute Gasteiger partial charge is 0.223 e. The van der Waals surface area contributed by atoms with Gasteiger partial charge in [-0.2, -0.15) is 15.0 Å². The molecule has 146 valence electrons. The lowest BCUT2D eigenvalue weighted by molar-refractivity contribution is 0.173. The van der Waals surface area contributed by atoms with Gasteiger partial charge >= 0.3 is 0 Å². The average Bonchev–Trinajstić information content (AvgIpc) is 3.11. The van der Waals surface area contributed by atoms with Crippen molar-refractivity contribution in [3.05, 3.63) is 66.0 Å². The maximum Gasteiger partial charge on any atom is 0.223 e. The van der Waals surface area contributed by atoms with E-state index in [4.69, 9.17) is 10.00 Å². The van der Waals surface area contributed by atoms with Gasteiger partial charge in [0.05, 0.1) is 28.9 Å². The number of aromatic nitrogens is 3. The topological polar surface area (TPSA) is 96.0 Å². The summed E-state index contributed by atoms with van der Waals surface area (Å²) < 4.78 is 6.54. The van der Waals surface area contributed by atoms with Crippen molar-refractivity contribution in [1.29, 1.82) is 5.26 Å². The van der Waals surface area contributed by atoms with Gasteiger partial charge in [-0.15, -0.1) is 0 Å². The maximum atomic E-state index is 10.6. The van der Waals surface area contributed by atoms with Crippen LogP contribution in [0.25, 0.3) is 22.6 Å². The number of ether oxygens (including phenoxy) is 1. The lowest BCUT2D eigenvalue weighted by Gasteiger charge is -2.39. The van der Waals surface area contributed by atoms with Crippen molar-refractivity contribution < 1.29 is 9.84 Å². The summed E-state index contributed by atoms with van der Waals surface area (Å²) in [7, 11) is 1.70. The van der Waals surface area contributed by atoms with Crippen molar-refractivity contribution >= 4 is 5.70 Å². The van der Waals surface area contributed by atoms with Crippen LogP contribution in [0.2, 0.25) is 0 Å². The number of aromatic hydroxyl groups is 1. The number of pyridine rings is 1. The Morgan fingerprint density at radius 1 is 1.17 bits per heavy atom. The van der Waals surface area contributed by atoms with Crippen molar-refractivity contribution in [3.63, 3.8) is 0 Å². The second kappa shape index (κ2) is 7.41. The second-order valence-electron chi connectivity index (χ2n) is 7.23. The summed E-state index contributed by atoms with van der Waals surface area (Å²) in [5.41, 5.74) is 3.88. The minimum atomic E-state index is -0.0553. The Bertz CT molecular complexity index is 1090. The molecule has 3 heterocycles.